The van der Waals surface area contributed by atoms with Gasteiger partial charge >= 0.3 is 0 Å². The molecule has 0 fully saturated rings. The fourth-order valence-corrected chi connectivity index (χ4v) is 1.71. The number of hydrogen-bond donors (Lipinski definition) is 2. The second-order valence-corrected chi connectivity index (χ2v) is 3.77. The van der Waals surface area contributed by atoms with Crippen LogP contribution >= 0.6 is 0 Å². The van der Waals surface area contributed by atoms with Gasteiger partial charge in [0, 0.05) is 0 Å². The molecule has 5 heteroatoms. The fraction of sp³-hybridized carbons (Fsp3) is 0.154. The van der Waals surface area contributed by atoms with Crippen LogP contribution in [-0.2, 0) is 0 Å². The van der Waals surface area contributed by atoms with Crippen LogP contribution in [0.15, 0.2) is 42.6 Å². The van der Waals surface area contributed by atoms with Gasteiger partial charge in [0.05, 0.1) is 25.0 Å². The molecular formula is C13H14FN3O. The molecule has 3 N–H and O–H groups in total. The van der Waals surface area contributed by atoms with Crippen molar-refractivity contribution in [3.63, 3.8) is 0 Å². The Balaban J connectivity index is 2.29. The SMILES string of the molecule is COc1ccc(C(NN)c2ccc(F)cn2)cc1. The molecule has 0 saturated carbocycles. The van der Waals surface area contributed by atoms with E-state index < -0.39 is 0 Å². The van der Waals surface area contributed by atoms with Crippen molar-refractivity contribution in [3.05, 3.63) is 59.7 Å². The lowest BCUT2D eigenvalue weighted by Gasteiger charge is -2.16. The first-order valence-electron chi connectivity index (χ1n) is 5.46. The summed E-state index contributed by atoms with van der Waals surface area (Å²) in [4.78, 5) is 4.02. The maximum absolute atomic E-state index is 12.8. The summed E-state index contributed by atoms with van der Waals surface area (Å²) in [7, 11) is 1.61. The molecule has 1 atom stereocenters. The Morgan fingerprint density at radius 3 is 2.44 bits per heavy atom. The van der Waals surface area contributed by atoms with E-state index in [-0.39, 0.29) is 11.9 Å². The van der Waals surface area contributed by atoms with Crippen molar-refractivity contribution < 1.29 is 9.13 Å². The van der Waals surface area contributed by atoms with Gasteiger partial charge in [0.25, 0.3) is 0 Å². The molecule has 0 aliphatic rings. The first-order chi connectivity index (χ1) is 8.74. The molecule has 0 spiro atoms. The molecule has 0 saturated heterocycles. The molecule has 1 unspecified atom stereocenters. The average molecular weight is 247 g/mol. The van der Waals surface area contributed by atoms with Gasteiger partial charge in [-0.1, -0.05) is 12.1 Å². The Morgan fingerprint density at radius 1 is 1.22 bits per heavy atom. The van der Waals surface area contributed by atoms with Crippen LogP contribution in [0.3, 0.4) is 0 Å². The van der Waals surface area contributed by atoms with E-state index >= 15 is 0 Å². The van der Waals surface area contributed by atoms with Crippen LogP contribution in [0.4, 0.5) is 4.39 Å². The van der Waals surface area contributed by atoms with Crippen LogP contribution in [0, 0.1) is 5.82 Å². The minimum absolute atomic E-state index is 0.281. The Labute approximate surface area is 105 Å². The molecule has 2 aromatic rings. The summed E-state index contributed by atoms with van der Waals surface area (Å²) < 4.78 is 17.9. The second-order valence-electron chi connectivity index (χ2n) is 3.77. The number of hydrazine groups is 1. The standard InChI is InChI=1S/C13H14FN3O/c1-18-11-5-2-9(3-6-11)13(17-15)12-7-4-10(14)8-16-12/h2-8,13,17H,15H2,1H3. The third-order valence-electron chi connectivity index (χ3n) is 2.66. The van der Waals surface area contributed by atoms with E-state index in [2.05, 4.69) is 10.4 Å². The number of nitrogens with one attached hydrogen (secondary N) is 1. The van der Waals surface area contributed by atoms with Crippen LogP contribution in [0.5, 0.6) is 5.75 Å². The number of nitrogens with two attached hydrogens (primary N) is 1. The van der Waals surface area contributed by atoms with Gasteiger partial charge in [0.2, 0.25) is 0 Å². The van der Waals surface area contributed by atoms with Crippen molar-refractivity contribution in [1.82, 2.24) is 10.4 Å². The van der Waals surface area contributed by atoms with Crippen LogP contribution in [-0.4, -0.2) is 12.1 Å². The summed E-state index contributed by atoms with van der Waals surface area (Å²) in [6.45, 7) is 0. The first-order valence-corrected chi connectivity index (χ1v) is 5.46. The topological polar surface area (TPSA) is 60.2 Å². The molecule has 0 amide bonds. The van der Waals surface area contributed by atoms with Crippen molar-refractivity contribution >= 4 is 0 Å². The number of aromatic nitrogens is 1. The maximum atomic E-state index is 12.8. The normalized spacial score (nSPS) is 12.2. The average Bonchev–Trinajstić information content (AvgIpc) is 2.42. The van der Waals surface area contributed by atoms with Gasteiger partial charge in [-0.3, -0.25) is 10.8 Å². The lowest BCUT2D eigenvalue weighted by Crippen LogP contribution is -2.29. The van der Waals surface area contributed by atoms with Crippen molar-refractivity contribution in [2.75, 3.05) is 7.11 Å². The maximum Gasteiger partial charge on any atom is 0.141 e. The molecule has 0 radical (unpaired) electrons. The van der Waals surface area contributed by atoms with Crippen molar-refractivity contribution in [1.29, 1.82) is 0 Å². The van der Waals surface area contributed by atoms with Gasteiger partial charge in [-0.2, -0.15) is 0 Å². The number of ether oxygens (including phenoxy) is 1. The summed E-state index contributed by atoms with van der Waals surface area (Å²) in [5.74, 6) is 5.92. The number of halogens is 1. The molecule has 18 heavy (non-hydrogen) atoms. The zero-order chi connectivity index (χ0) is 13.0. The molecule has 4 nitrogen and oxygen atoms in total. The highest BCUT2D eigenvalue weighted by Gasteiger charge is 2.13. The zero-order valence-corrected chi connectivity index (χ0v) is 9.93. The van der Waals surface area contributed by atoms with Crippen molar-refractivity contribution in [2.24, 2.45) is 5.84 Å². The van der Waals surface area contributed by atoms with Gasteiger partial charge in [0.1, 0.15) is 11.6 Å². The molecule has 1 aromatic carbocycles. The van der Waals surface area contributed by atoms with E-state index in [0.717, 1.165) is 11.3 Å². The number of pyridine rings is 1. The molecule has 1 aromatic heterocycles. The number of benzene rings is 1. The monoisotopic (exact) mass is 247 g/mol. The number of nitrogens with zero attached hydrogens (tertiary/aromatic N) is 1. The summed E-state index contributed by atoms with van der Waals surface area (Å²) in [5, 5.41) is 0. The predicted molar refractivity (Wildman–Crippen MR) is 66.4 cm³/mol. The van der Waals surface area contributed by atoms with Gasteiger partial charge in [-0.05, 0) is 29.8 Å². The van der Waals surface area contributed by atoms with E-state index in [1.807, 2.05) is 24.3 Å². The third-order valence-corrected chi connectivity index (χ3v) is 2.66. The van der Waals surface area contributed by atoms with Crippen molar-refractivity contribution in [2.45, 2.75) is 6.04 Å². The van der Waals surface area contributed by atoms with Gasteiger partial charge in [-0.15, -0.1) is 0 Å². The first kappa shape index (κ1) is 12.5. The highest BCUT2D eigenvalue weighted by Crippen LogP contribution is 2.22. The largest absolute Gasteiger partial charge is 0.497 e. The lowest BCUT2D eigenvalue weighted by atomic mass is 10.0. The van der Waals surface area contributed by atoms with E-state index in [1.165, 1.54) is 12.3 Å². The minimum atomic E-state index is -0.371. The number of hydrogen-bond acceptors (Lipinski definition) is 4. The summed E-state index contributed by atoms with van der Waals surface area (Å²) in [5.41, 5.74) is 4.25. The summed E-state index contributed by atoms with van der Waals surface area (Å²) in [6, 6.07) is 10.1. The quantitative estimate of drug-likeness (QED) is 0.638. The van der Waals surface area contributed by atoms with Crippen LogP contribution in [0.1, 0.15) is 17.3 Å². The van der Waals surface area contributed by atoms with E-state index in [9.17, 15) is 4.39 Å². The van der Waals surface area contributed by atoms with Gasteiger partial charge < -0.3 is 4.74 Å². The lowest BCUT2D eigenvalue weighted by molar-refractivity contribution is 0.414. The molecule has 0 aliphatic carbocycles. The van der Waals surface area contributed by atoms with E-state index in [1.54, 1.807) is 13.2 Å². The summed E-state index contributed by atoms with van der Waals surface area (Å²) >= 11 is 0. The van der Waals surface area contributed by atoms with Crippen molar-refractivity contribution in [3.8, 4) is 5.75 Å². The molecule has 0 aliphatic heterocycles. The van der Waals surface area contributed by atoms with Crippen LogP contribution in [0.25, 0.3) is 0 Å². The molecule has 2 rings (SSSR count). The van der Waals surface area contributed by atoms with Crippen LogP contribution < -0.4 is 16.0 Å². The van der Waals surface area contributed by atoms with Gasteiger partial charge in [-0.25, -0.2) is 9.82 Å². The fourth-order valence-electron chi connectivity index (χ4n) is 1.71. The smallest absolute Gasteiger partial charge is 0.141 e. The Morgan fingerprint density at radius 2 is 1.94 bits per heavy atom. The second kappa shape index (κ2) is 5.57. The molecular weight excluding hydrogens is 233 g/mol. The molecule has 94 valence electrons. The third kappa shape index (κ3) is 2.64. The van der Waals surface area contributed by atoms with Gasteiger partial charge in [0.15, 0.2) is 0 Å². The molecule has 1 heterocycles. The minimum Gasteiger partial charge on any atom is -0.497 e. The van der Waals surface area contributed by atoms with E-state index in [0.29, 0.717) is 5.69 Å². The molecule has 0 bridgehead atoms. The zero-order valence-electron chi connectivity index (χ0n) is 9.93. The summed E-state index contributed by atoms with van der Waals surface area (Å²) in [6.07, 6.45) is 1.17. The Kier molecular flexibility index (Phi) is 3.86. The highest BCUT2D eigenvalue weighted by molar-refractivity contribution is 5.33. The Hall–Kier alpha value is -1.98. The van der Waals surface area contributed by atoms with Crippen LogP contribution in [0.2, 0.25) is 0 Å². The Bertz CT molecular complexity index is 499. The number of rotatable bonds is 4. The van der Waals surface area contributed by atoms with E-state index in [4.69, 9.17) is 10.6 Å². The highest BCUT2D eigenvalue weighted by atomic mass is 19.1. The predicted octanol–water partition coefficient (Wildman–Crippen LogP) is 1.78. The number of methoxy groups -OCH3 is 1.